The van der Waals surface area contributed by atoms with E-state index < -0.39 is 5.60 Å². The Hall–Kier alpha value is -1.01. The maximum atomic E-state index is 11.9. The minimum Gasteiger partial charge on any atom is -0.390 e. The molecule has 31 heavy (non-hydrogen) atoms. The zero-order chi connectivity index (χ0) is 23.4. The van der Waals surface area contributed by atoms with Crippen molar-refractivity contribution in [2.75, 3.05) is 46.8 Å². The van der Waals surface area contributed by atoms with Crippen molar-refractivity contribution >= 4 is 29.2 Å². The molecule has 1 aromatic rings. The van der Waals surface area contributed by atoms with Crippen LogP contribution in [-0.4, -0.2) is 78.3 Å². The predicted molar refractivity (Wildman–Crippen MR) is 132 cm³/mol. The quantitative estimate of drug-likeness (QED) is 0.526. The van der Waals surface area contributed by atoms with Crippen LogP contribution in [0.15, 0.2) is 18.2 Å². The summed E-state index contributed by atoms with van der Waals surface area (Å²) < 4.78 is 0. The third-order valence-electron chi connectivity index (χ3n) is 5.69. The minimum atomic E-state index is -0.576. The van der Waals surface area contributed by atoms with E-state index in [-0.39, 0.29) is 6.03 Å². The first kappa shape index (κ1) is 28.0. The molecule has 0 bridgehead atoms. The highest BCUT2D eigenvalue weighted by Gasteiger charge is 2.33. The molecular formula is C24H41Cl2N3O2. The van der Waals surface area contributed by atoms with Crippen LogP contribution in [0.5, 0.6) is 0 Å². The lowest BCUT2D eigenvalue weighted by Gasteiger charge is -2.39. The fourth-order valence-electron chi connectivity index (χ4n) is 3.86. The van der Waals surface area contributed by atoms with Gasteiger partial charge in [-0.15, -0.1) is 0 Å². The molecule has 0 aromatic heterocycles. The Morgan fingerprint density at radius 2 is 1.68 bits per heavy atom. The number of hydrogen-bond donors (Lipinski definition) is 1. The van der Waals surface area contributed by atoms with Gasteiger partial charge in [-0.2, -0.15) is 0 Å². The highest BCUT2D eigenvalue weighted by molar-refractivity contribution is 6.42. The number of amides is 2. The number of carbonyl (C=O) groups excluding carboxylic acids is 1. The van der Waals surface area contributed by atoms with E-state index in [0.717, 1.165) is 38.0 Å². The van der Waals surface area contributed by atoms with Crippen LogP contribution in [-0.2, 0) is 0 Å². The molecule has 178 valence electrons. The summed E-state index contributed by atoms with van der Waals surface area (Å²) in [6, 6.07) is 5.63. The van der Waals surface area contributed by atoms with Crippen molar-refractivity contribution in [3.63, 3.8) is 0 Å². The second kappa shape index (κ2) is 14.2. The van der Waals surface area contributed by atoms with E-state index in [1.807, 2.05) is 24.0 Å². The lowest BCUT2D eigenvalue weighted by Crippen LogP contribution is -2.49. The topological polar surface area (TPSA) is 47.0 Å². The highest BCUT2D eigenvalue weighted by Crippen LogP contribution is 2.27. The number of piperidine rings is 1. The Morgan fingerprint density at radius 1 is 1.10 bits per heavy atom. The molecule has 1 heterocycles. The molecule has 1 aliphatic rings. The van der Waals surface area contributed by atoms with E-state index in [2.05, 4.69) is 18.7 Å². The molecule has 1 fully saturated rings. The van der Waals surface area contributed by atoms with E-state index in [4.69, 9.17) is 23.2 Å². The zero-order valence-electron chi connectivity index (χ0n) is 20.0. The highest BCUT2D eigenvalue weighted by atomic mass is 35.5. The van der Waals surface area contributed by atoms with Crippen LogP contribution in [0.25, 0.3) is 0 Å². The van der Waals surface area contributed by atoms with Crippen LogP contribution >= 0.6 is 23.2 Å². The maximum absolute atomic E-state index is 11.9. The van der Waals surface area contributed by atoms with Crippen molar-refractivity contribution in [2.24, 2.45) is 0 Å². The van der Waals surface area contributed by atoms with Gasteiger partial charge in [0, 0.05) is 27.2 Å². The summed E-state index contributed by atoms with van der Waals surface area (Å²) in [5, 5.41) is 12.0. The second-order valence-corrected chi connectivity index (χ2v) is 9.49. The number of halogens is 2. The van der Waals surface area contributed by atoms with E-state index >= 15 is 0 Å². The predicted octanol–water partition coefficient (Wildman–Crippen LogP) is 5.70. The SMILES string of the molecule is CCCN(CCC)CCCC1(O)CCN(C(=O)N(C)C)CC1.Cc1cccc(Cl)c1Cl. The van der Waals surface area contributed by atoms with Gasteiger partial charge < -0.3 is 19.8 Å². The van der Waals surface area contributed by atoms with Crippen LogP contribution in [0.2, 0.25) is 10.0 Å². The Balaban J connectivity index is 0.000000442. The molecule has 1 aromatic carbocycles. The molecule has 5 nitrogen and oxygen atoms in total. The number of aryl methyl sites for hydroxylation is 1. The molecule has 0 radical (unpaired) electrons. The van der Waals surface area contributed by atoms with Crippen molar-refractivity contribution in [1.82, 2.24) is 14.7 Å². The molecule has 0 unspecified atom stereocenters. The summed E-state index contributed by atoms with van der Waals surface area (Å²) in [6.45, 7) is 11.1. The van der Waals surface area contributed by atoms with Crippen molar-refractivity contribution in [3.05, 3.63) is 33.8 Å². The lowest BCUT2D eigenvalue weighted by molar-refractivity contribution is -0.0237. The molecule has 7 heteroatoms. The van der Waals surface area contributed by atoms with E-state index in [1.54, 1.807) is 25.1 Å². The lowest BCUT2D eigenvalue weighted by atomic mass is 9.87. The van der Waals surface area contributed by atoms with Crippen LogP contribution in [0.4, 0.5) is 4.79 Å². The summed E-state index contributed by atoms with van der Waals surface area (Å²) in [6.07, 6.45) is 5.67. The number of rotatable bonds is 8. The number of hydrogen-bond acceptors (Lipinski definition) is 3. The molecule has 1 N–H and O–H groups in total. The first-order valence-electron chi connectivity index (χ1n) is 11.4. The molecule has 1 saturated heterocycles. The monoisotopic (exact) mass is 473 g/mol. The summed E-state index contributed by atoms with van der Waals surface area (Å²) in [5.41, 5.74) is 0.442. The Kier molecular flexibility index (Phi) is 12.8. The Morgan fingerprint density at radius 3 is 2.13 bits per heavy atom. The van der Waals surface area contributed by atoms with Gasteiger partial charge in [-0.05, 0) is 76.7 Å². The van der Waals surface area contributed by atoms with Gasteiger partial charge in [0.25, 0.3) is 0 Å². The number of urea groups is 1. The zero-order valence-corrected chi connectivity index (χ0v) is 21.5. The number of carbonyl (C=O) groups is 1. The van der Waals surface area contributed by atoms with Gasteiger partial charge >= 0.3 is 6.03 Å². The molecule has 2 amide bonds. The van der Waals surface area contributed by atoms with Gasteiger partial charge in [0.05, 0.1) is 15.6 Å². The summed E-state index contributed by atoms with van der Waals surface area (Å²) in [7, 11) is 3.55. The number of aliphatic hydroxyl groups is 1. The number of nitrogens with zero attached hydrogens (tertiary/aromatic N) is 3. The first-order valence-corrected chi connectivity index (χ1v) is 12.2. The van der Waals surface area contributed by atoms with E-state index in [1.165, 1.54) is 12.8 Å². The first-order chi connectivity index (χ1) is 14.6. The van der Waals surface area contributed by atoms with Gasteiger partial charge in [-0.3, -0.25) is 0 Å². The van der Waals surface area contributed by atoms with Crippen LogP contribution in [0.3, 0.4) is 0 Å². The van der Waals surface area contributed by atoms with Gasteiger partial charge in [0.1, 0.15) is 0 Å². The normalized spacial score (nSPS) is 15.5. The van der Waals surface area contributed by atoms with Gasteiger partial charge in [0.15, 0.2) is 0 Å². The molecule has 2 rings (SSSR count). The summed E-state index contributed by atoms with van der Waals surface area (Å²) in [5.74, 6) is 0. The average Bonchev–Trinajstić information content (AvgIpc) is 2.72. The molecule has 0 aliphatic carbocycles. The van der Waals surface area contributed by atoms with Crippen molar-refractivity contribution in [2.45, 2.75) is 64.9 Å². The van der Waals surface area contributed by atoms with Crippen molar-refractivity contribution < 1.29 is 9.90 Å². The average molecular weight is 475 g/mol. The molecule has 0 spiro atoms. The fourth-order valence-corrected chi connectivity index (χ4v) is 4.21. The molecular weight excluding hydrogens is 433 g/mol. The van der Waals surface area contributed by atoms with Gasteiger partial charge in [-0.25, -0.2) is 4.79 Å². The largest absolute Gasteiger partial charge is 0.390 e. The van der Waals surface area contributed by atoms with E-state index in [0.29, 0.717) is 36.0 Å². The summed E-state index contributed by atoms with van der Waals surface area (Å²) >= 11 is 11.4. The number of likely N-dealkylation sites (tertiary alicyclic amines) is 1. The molecule has 1 aliphatic heterocycles. The number of benzene rings is 1. The van der Waals surface area contributed by atoms with Crippen LogP contribution < -0.4 is 0 Å². The van der Waals surface area contributed by atoms with E-state index in [9.17, 15) is 9.90 Å². The molecule has 0 saturated carbocycles. The van der Waals surface area contributed by atoms with Gasteiger partial charge in [0.2, 0.25) is 0 Å². The minimum absolute atomic E-state index is 0.0547. The fraction of sp³-hybridized carbons (Fsp3) is 0.708. The smallest absolute Gasteiger partial charge is 0.319 e. The van der Waals surface area contributed by atoms with Crippen LogP contribution in [0.1, 0.15) is 57.9 Å². The third-order valence-corrected chi connectivity index (χ3v) is 6.60. The maximum Gasteiger partial charge on any atom is 0.319 e. The molecule has 0 atom stereocenters. The van der Waals surface area contributed by atoms with Gasteiger partial charge in [-0.1, -0.05) is 49.2 Å². The second-order valence-electron chi connectivity index (χ2n) is 8.70. The van der Waals surface area contributed by atoms with Crippen molar-refractivity contribution in [3.8, 4) is 0 Å². The summed E-state index contributed by atoms with van der Waals surface area (Å²) in [4.78, 5) is 17.9. The van der Waals surface area contributed by atoms with Crippen LogP contribution in [0, 0.1) is 6.92 Å². The van der Waals surface area contributed by atoms with Crippen molar-refractivity contribution in [1.29, 1.82) is 0 Å². The third kappa shape index (κ3) is 9.98. The Bertz CT molecular complexity index is 636. The Labute approximate surface area is 199 Å². The standard InChI is InChI=1S/C17H35N3O2.C7H6Cl2/c1-5-11-19(12-6-2)13-7-8-17(22)9-14-20(15-10-17)16(21)18(3)4;1-5-3-2-4-6(8)7(5)9/h22H,5-15H2,1-4H3;2-4H,1H3.